The van der Waals surface area contributed by atoms with Crippen molar-refractivity contribution in [3.05, 3.63) is 98.7 Å². The van der Waals surface area contributed by atoms with Crippen molar-refractivity contribution in [2.24, 2.45) is 0 Å². The van der Waals surface area contributed by atoms with Crippen molar-refractivity contribution >= 4 is 62.3 Å². The van der Waals surface area contributed by atoms with Gasteiger partial charge in [-0.15, -0.1) is 0 Å². The van der Waals surface area contributed by atoms with E-state index in [1.807, 2.05) is 51.1 Å². The SMILES string of the molecule is CC(C)(C)NC(=O)C(Cc1ccccc1)N(Cc1ccc(Cl)cc1Cl)C(=O)CN(c1ccc(F)c(Cl)c1)S(C)(=O)=O. The second kappa shape index (κ2) is 13.4. The summed E-state index contributed by atoms with van der Waals surface area (Å²) in [4.78, 5) is 29.1. The summed E-state index contributed by atoms with van der Waals surface area (Å²) in [6, 6.07) is 16.2. The zero-order valence-electron chi connectivity index (χ0n) is 23.0. The quantitative estimate of drug-likeness (QED) is 0.289. The molecule has 0 radical (unpaired) electrons. The molecule has 3 aromatic rings. The fraction of sp³-hybridized carbons (Fsp3) is 0.310. The molecule has 41 heavy (non-hydrogen) atoms. The number of nitrogens with zero attached hydrogens (tertiary/aromatic N) is 2. The highest BCUT2D eigenvalue weighted by Crippen LogP contribution is 2.27. The van der Waals surface area contributed by atoms with Crippen molar-refractivity contribution in [2.75, 3.05) is 17.1 Å². The second-order valence-corrected chi connectivity index (χ2v) is 13.7. The Kier molecular flexibility index (Phi) is 10.7. The van der Waals surface area contributed by atoms with E-state index in [-0.39, 0.29) is 28.7 Å². The first-order valence-electron chi connectivity index (χ1n) is 12.6. The summed E-state index contributed by atoms with van der Waals surface area (Å²) in [5.74, 6) is -1.86. The summed E-state index contributed by atoms with van der Waals surface area (Å²) < 4.78 is 40.3. The van der Waals surface area contributed by atoms with Crippen molar-refractivity contribution in [3.8, 4) is 0 Å². The Bertz CT molecular complexity index is 1520. The lowest BCUT2D eigenvalue weighted by atomic mass is 10.0. The van der Waals surface area contributed by atoms with Crippen LogP contribution in [0, 0.1) is 5.82 Å². The maximum Gasteiger partial charge on any atom is 0.244 e. The lowest BCUT2D eigenvalue weighted by molar-refractivity contribution is -0.140. The van der Waals surface area contributed by atoms with Gasteiger partial charge in [-0.3, -0.25) is 13.9 Å². The molecule has 0 aromatic heterocycles. The Labute approximate surface area is 255 Å². The molecule has 0 bridgehead atoms. The molecule has 3 aromatic carbocycles. The molecule has 12 heteroatoms. The van der Waals surface area contributed by atoms with Crippen LogP contribution in [0.15, 0.2) is 66.7 Å². The van der Waals surface area contributed by atoms with E-state index in [4.69, 9.17) is 34.8 Å². The van der Waals surface area contributed by atoms with Gasteiger partial charge in [0.15, 0.2) is 0 Å². The average molecular weight is 643 g/mol. The number of sulfonamides is 1. The van der Waals surface area contributed by atoms with E-state index in [2.05, 4.69) is 5.32 Å². The summed E-state index contributed by atoms with van der Waals surface area (Å²) in [5.41, 5.74) is 0.659. The molecule has 1 N–H and O–H groups in total. The van der Waals surface area contributed by atoms with Crippen LogP contribution in [0.1, 0.15) is 31.9 Å². The van der Waals surface area contributed by atoms with E-state index >= 15 is 0 Å². The van der Waals surface area contributed by atoms with Crippen molar-refractivity contribution in [1.29, 1.82) is 0 Å². The first-order valence-corrected chi connectivity index (χ1v) is 15.6. The molecule has 2 amide bonds. The van der Waals surface area contributed by atoms with Gasteiger partial charge in [0, 0.05) is 28.5 Å². The number of carbonyl (C=O) groups excluding carboxylic acids is 2. The molecule has 0 aliphatic rings. The number of nitrogens with one attached hydrogen (secondary N) is 1. The van der Waals surface area contributed by atoms with Crippen molar-refractivity contribution in [1.82, 2.24) is 10.2 Å². The molecule has 1 unspecified atom stereocenters. The number of hydrogen-bond acceptors (Lipinski definition) is 4. The first kappa shape index (κ1) is 32.7. The van der Waals surface area contributed by atoms with Crippen LogP contribution in [-0.4, -0.2) is 49.5 Å². The molecule has 0 fully saturated rings. The average Bonchev–Trinajstić information content (AvgIpc) is 2.86. The first-order chi connectivity index (χ1) is 19.0. The Morgan fingerprint density at radius 1 is 0.951 bits per heavy atom. The lowest BCUT2D eigenvalue weighted by Crippen LogP contribution is -2.56. The Hall–Kier alpha value is -2.85. The smallest absolute Gasteiger partial charge is 0.244 e. The molecule has 7 nitrogen and oxygen atoms in total. The number of carbonyl (C=O) groups is 2. The van der Waals surface area contributed by atoms with Gasteiger partial charge >= 0.3 is 0 Å². The van der Waals surface area contributed by atoms with E-state index in [9.17, 15) is 22.4 Å². The summed E-state index contributed by atoms with van der Waals surface area (Å²) in [6.07, 6.45) is 1.06. The normalized spacial score (nSPS) is 12.5. The van der Waals surface area contributed by atoms with Crippen LogP contribution in [0.25, 0.3) is 0 Å². The maximum atomic E-state index is 14.1. The van der Waals surface area contributed by atoms with Gasteiger partial charge < -0.3 is 10.2 Å². The highest BCUT2D eigenvalue weighted by atomic mass is 35.5. The van der Waals surface area contributed by atoms with Crippen molar-refractivity contribution in [2.45, 2.75) is 45.3 Å². The third-order valence-electron chi connectivity index (χ3n) is 6.00. The zero-order chi connectivity index (χ0) is 30.5. The maximum absolute atomic E-state index is 14.1. The third-order valence-corrected chi connectivity index (χ3v) is 8.01. The van der Waals surface area contributed by atoms with E-state index < -0.39 is 45.8 Å². The van der Waals surface area contributed by atoms with E-state index in [1.54, 1.807) is 12.1 Å². The Balaban J connectivity index is 2.11. The van der Waals surface area contributed by atoms with Crippen LogP contribution in [0.2, 0.25) is 15.1 Å². The minimum atomic E-state index is -4.04. The summed E-state index contributed by atoms with van der Waals surface area (Å²) in [7, 11) is -4.04. The van der Waals surface area contributed by atoms with Crippen LogP contribution >= 0.6 is 34.8 Å². The molecule has 0 aliphatic heterocycles. The van der Waals surface area contributed by atoms with Gasteiger partial charge in [0.25, 0.3) is 0 Å². The monoisotopic (exact) mass is 641 g/mol. The van der Waals surface area contributed by atoms with Crippen molar-refractivity contribution < 1.29 is 22.4 Å². The summed E-state index contributed by atoms with van der Waals surface area (Å²) >= 11 is 18.5. The number of hydrogen-bond donors (Lipinski definition) is 1. The molecule has 3 rings (SSSR count). The van der Waals surface area contributed by atoms with Gasteiger partial charge in [0.2, 0.25) is 21.8 Å². The number of halogens is 4. The number of rotatable bonds is 10. The van der Waals surface area contributed by atoms with Gasteiger partial charge in [-0.1, -0.05) is 71.2 Å². The van der Waals surface area contributed by atoms with Gasteiger partial charge in [0.05, 0.1) is 17.0 Å². The highest BCUT2D eigenvalue weighted by molar-refractivity contribution is 7.92. The Morgan fingerprint density at radius 2 is 1.61 bits per heavy atom. The predicted octanol–water partition coefficient (Wildman–Crippen LogP) is 6.11. The van der Waals surface area contributed by atoms with Crippen molar-refractivity contribution in [3.63, 3.8) is 0 Å². The molecule has 1 atom stereocenters. The topological polar surface area (TPSA) is 86.8 Å². The summed E-state index contributed by atoms with van der Waals surface area (Å²) in [6.45, 7) is 4.65. The van der Waals surface area contributed by atoms with Gasteiger partial charge in [-0.05, 0) is 62.2 Å². The molecule has 0 saturated carbocycles. The number of anilines is 1. The largest absolute Gasteiger partial charge is 0.350 e. The van der Waals surface area contributed by atoms with E-state index in [0.717, 1.165) is 28.3 Å². The Morgan fingerprint density at radius 3 is 2.17 bits per heavy atom. The van der Waals surface area contributed by atoms with Gasteiger partial charge in [-0.25, -0.2) is 12.8 Å². The van der Waals surface area contributed by atoms with Gasteiger partial charge in [-0.2, -0.15) is 0 Å². The minimum absolute atomic E-state index is 0.00419. The molecule has 220 valence electrons. The second-order valence-electron chi connectivity index (χ2n) is 10.6. The van der Waals surface area contributed by atoms with Crippen LogP contribution in [0.4, 0.5) is 10.1 Å². The van der Waals surface area contributed by atoms with Gasteiger partial charge in [0.1, 0.15) is 18.4 Å². The molecular weight excluding hydrogens is 612 g/mol. The lowest BCUT2D eigenvalue weighted by Gasteiger charge is -2.35. The van der Waals surface area contributed by atoms with Crippen LogP contribution in [0.5, 0.6) is 0 Å². The number of benzene rings is 3. The number of amides is 2. The fourth-order valence-corrected chi connectivity index (χ4v) is 5.58. The standard InChI is InChI=1S/C29H31Cl3FN3O4S/c1-29(2,3)34-28(38)26(14-19-8-6-5-7-9-19)35(17-20-10-11-21(30)15-23(20)31)27(37)18-36(41(4,39)40)22-12-13-25(33)24(32)16-22/h5-13,15-16,26H,14,17-18H2,1-4H3,(H,34,38). The van der Waals surface area contributed by atoms with E-state index in [0.29, 0.717) is 10.6 Å². The molecule has 0 spiro atoms. The molecule has 0 heterocycles. The van der Waals surface area contributed by atoms with E-state index in [1.165, 1.54) is 17.0 Å². The third kappa shape index (κ3) is 9.33. The summed E-state index contributed by atoms with van der Waals surface area (Å²) in [5, 5.41) is 3.29. The van der Waals surface area contributed by atoms with Crippen LogP contribution in [0.3, 0.4) is 0 Å². The highest BCUT2D eigenvalue weighted by Gasteiger charge is 2.34. The van der Waals surface area contributed by atoms with Crippen LogP contribution < -0.4 is 9.62 Å². The molecule has 0 saturated heterocycles. The molecular formula is C29H31Cl3FN3O4S. The predicted molar refractivity (Wildman–Crippen MR) is 162 cm³/mol. The molecule has 0 aliphatic carbocycles. The van der Waals surface area contributed by atoms with Crippen LogP contribution in [-0.2, 0) is 32.6 Å². The zero-order valence-corrected chi connectivity index (χ0v) is 26.1. The minimum Gasteiger partial charge on any atom is -0.350 e. The fourth-order valence-electron chi connectivity index (χ4n) is 4.09.